The SMILES string of the molecule is CC(C)C(C)(CN)NC(=O)c1cncc(Br)c1. The number of hydrogen-bond acceptors (Lipinski definition) is 3. The van der Waals surface area contributed by atoms with Gasteiger partial charge in [0.2, 0.25) is 0 Å². The molecule has 0 saturated carbocycles. The molecule has 0 bridgehead atoms. The minimum Gasteiger partial charge on any atom is -0.345 e. The molecule has 1 aromatic heterocycles. The molecule has 3 N–H and O–H groups in total. The van der Waals surface area contributed by atoms with Crippen LogP contribution < -0.4 is 11.1 Å². The number of nitrogens with zero attached hydrogens (tertiary/aromatic N) is 1. The average Bonchev–Trinajstić information content (AvgIpc) is 2.28. The first kappa shape index (κ1) is 14.1. The Hall–Kier alpha value is -0.940. The van der Waals surface area contributed by atoms with Crippen molar-refractivity contribution < 1.29 is 4.79 Å². The van der Waals surface area contributed by atoms with Gasteiger partial charge in [-0.1, -0.05) is 13.8 Å². The van der Waals surface area contributed by atoms with Crippen molar-refractivity contribution in [2.45, 2.75) is 26.3 Å². The molecule has 1 amide bonds. The Kier molecular flexibility index (Phi) is 4.65. The Morgan fingerprint density at radius 3 is 2.71 bits per heavy atom. The number of rotatable bonds is 4. The predicted molar refractivity (Wildman–Crippen MR) is 71.7 cm³/mol. The van der Waals surface area contributed by atoms with Gasteiger partial charge in [-0.25, -0.2) is 0 Å². The molecule has 1 rings (SSSR count). The number of hydrogen-bond donors (Lipinski definition) is 2. The molecule has 0 aliphatic rings. The molecule has 17 heavy (non-hydrogen) atoms. The highest BCUT2D eigenvalue weighted by molar-refractivity contribution is 9.10. The zero-order valence-electron chi connectivity index (χ0n) is 10.3. The van der Waals surface area contributed by atoms with E-state index < -0.39 is 5.54 Å². The Balaban J connectivity index is 2.85. The lowest BCUT2D eigenvalue weighted by atomic mass is 9.88. The van der Waals surface area contributed by atoms with E-state index in [0.29, 0.717) is 12.1 Å². The minimum atomic E-state index is -0.403. The van der Waals surface area contributed by atoms with Gasteiger partial charge in [0.1, 0.15) is 0 Å². The molecule has 0 saturated heterocycles. The van der Waals surface area contributed by atoms with Gasteiger partial charge in [-0.2, -0.15) is 0 Å². The molecule has 94 valence electrons. The van der Waals surface area contributed by atoms with E-state index in [0.717, 1.165) is 4.47 Å². The van der Waals surface area contributed by atoms with Crippen LogP contribution in [0.2, 0.25) is 0 Å². The lowest BCUT2D eigenvalue weighted by Crippen LogP contribution is -2.55. The van der Waals surface area contributed by atoms with E-state index >= 15 is 0 Å². The van der Waals surface area contributed by atoms with Crippen LogP contribution in [-0.2, 0) is 0 Å². The first-order valence-corrected chi connectivity index (χ1v) is 6.31. The van der Waals surface area contributed by atoms with Crippen molar-refractivity contribution in [1.82, 2.24) is 10.3 Å². The predicted octanol–water partition coefficient (Wildman–Crippen LogP) is 1.95. The van der Waals surface area contributed by atoms with Crippen molar-refractivity contribution in [3.8, 4) is 0 Å². The smallest absolute Gasteiger partial charge is 0.253 e. The zero-order chi connectivity index (χ0) is 13.1. The summed E-state index contributed by atoms with van der Waals surface area (Å²) in [6, 6.07) is 1.74. The molecule has 0 spiro atoms. The van der Waals surface area contributed by atoms with Gasteiger partial charge in [-0.3, -0.25) is 9.78 Å². The van der Waals surface area contributed by atoms with Gasteiger partial charge in [0.15, 0.2) is 0 Å². The van der Waals surface area contributed by atoms with E-state index in [1.165, 1.54) is 6.20 Å². The standard InChI is InChI=1S/C12H18BrN3O/c1-8(2)12(3,7-14)16-11(17)9-4-10(13)6-15-5-9/h4-6,8H,7,14H2,1-3H3,(H,16,17). The topological polar surface area (TPSA) is 68.0 Å². The van der Waals surface area contributed by atoms with E-state index in [4.69, 9.17) is 5.73 Å². The highest BCUT2D eigenvalue weighted by Crippen LogP contribution is 2.16. The van der Waals surface area contributed by atoms with Crippen molar-refractivity contribution >= 4 is 21.8 Å². The third-order valence-corrected chi connectivity index (χ3v) is 3.50. The molecule has 0 aromatic carbocycles. The molecule has 1 heterocycles. The van der Waals surface area contributed by atoms with Crippen LogP contribution >= 0.6 is 15.9 Å². The monoisotopic (exact) mass is 299 g/mol. The summed E-state index contributed by atoms with van der Waals surface area (Å²) in [5.41, 5.74) is 5.85. The molecule has 0 aliphatic heterocycles. The summed E-state index contributed by atoms with van der Waals surface area (Å²) in [4.78, 5) is 16.0. The normalized spacial score (nSPS) is 14.5. The molecular weight excluding hydrogens is 282 g/mol. The van der Waals surface area contributed by atoms with Crippen LogP contribution in [0.15, 0.2) is 22.9 Å². The van der Waals surface area contributed by atoms with Crippen molar-refractivity contribution in [1.29, 1.82) is 0 Å². The van der Waals surface area contributed by atoms with E-state index in [9.17, 15) is 4.79 Å². The van der Waals surface area contributed by atoms with Gasteiger partial charge in [-0.05, 0) is 34.8 Å². The van der Waals surface area contributed by atoms with Crippen molar-refractivity contribution in [3.63, 3.8) is 0 Å². The summed E-state index contributed by atoms with van der Waals surface area (Å²) in [6.45, 7) is 6.41. The minimum absolute atomic E-state index is 0.152. The first-order valence-electron chi connectivity index (χ1n) is 5.52. The van der Waals surface area contributed by atoms with Gasteiger partial charge in [0.05, 0.1) is 11.1 Å². The van der Waals surface area contributed by atoms with Gasteiger partial charge in [0, 0.05) is 23.4 Å². The van der Waals surface area contributed by atoms with E-state index in [2.05, 4.69) is 26.2 Å². The first-order chi connectivity index (χ1) is 7.89. The van der Waals surface area contributed by atoms with Gasteiger partial charge in [-0.15, -0.1) is 0 Å². The summed E-state index contributed by atoms with van der Waals surface area (Å²) < 4.78 is 0.782. The highest BCUT2D eigenvalue weighted by Gasteiger charge is 2.28. The summed E-state index contributed by atoms with van der Waals surface area (Å²) in [5.74, 6) is 0.108. The van der Waals surface area contributed by atoms with Crippen LogP contribution in [-0.4, -0.2) is 23.0 Å². The number of amides is 1. The summed E-state index contributed by atoms with van der Waals surface area (Å²) in [5, 5.41) is 2.96. The Bertz CT molecular complexity index is 408. The second-order valence-electron chi connectivity index (χ2n) is 4.62. The lowest BCUT2D eigenvalue weighted by molar-refractivity contribution is 0.0883. The number of pyridine rings is 1. The summed E-state index contributed by atoms with van der Waals surface area (Å²) >= 11 is 3.29. The number of nitrogens with two attached hydrogens (primary N) is 1. The highest BCUT2D eigenvalue weighted by atomic mass is 79.9. The summed E-state index contributed by atoms with van der Waals surface area (Å²) in [7, 11) is 0. The van der Waals surface area contributed by atoms with E-state index in [1.54, 1.807) is 12.3 Å². The number of halogens is 1. The third-order valence-electron chi connectivity index (χ3n) is 3.06. The molecule has 0 aliphatic carbocycles. The van der Waals surface area contributed by atoms with Crippen LogP contribution in [0.1, 0.15) is 31.1 Å². The van der Waals surface area contributed by atoms with Gasteiger partial charge >= 0.3 is 0 Å². The number of nitrogens with one attached hydrogen (secondary N) is 1. The quantitative estimate of drug-likeness (QED) is 0.893. The second-order valence-corrected chi connectivity index (χ2v) is 5.54. The summed E-state index contributed by atoms with van der Waals surface area (Å²) in [6.07, 6.45) is 3.18. The molecule has 5 heteroatoms. The zero-order valence-corrected chi connectivity index (χ0v) is 11.9. The van der Waals surface area contributed by atoms with Crippen LogP contribution in [0.5, 0.6) is 0 Å². The fourth-order valence-corrected chi connectivity index (χ4v) is 1.66. The molecule has 1 unspecified atom stereocenters. The van der Waals surface area contributed by atoms with Crippen LogP contribution in [0, 0.1) is 5.92 Å². The fourth-order valence-electron chi connectivity index (χ4n) is 1.30. The Morgan fingerprint density at radius 1 is 1.59 bits per heavy atom. The third kappa shape index (κ3) is 3.51. The van der Waals surface area contributed by atoms with Gasteiger partial charge < -0.3 is 11.1 Å². The molecule has 1 aromatic rings. The second kappa shape index (κ2) is 5.60. The average molecular weight is 300 g/mol. The number of carbonyl (C=O) groups excluding carboxylic acids is 1. The number of aromatic nitrogens is 1. The van der Waals surface area contributed by atoms with Gasteiger partial charge in [0.25, 0.3) is 5.91 Å². The van der Waals surface area contributed by atoms with Crippen molar-refractivity contribution in [2.75, 3.05) is 6.54 Å². The van der Waals surface area contributed by atoms with Crippen molar-refractivity contribution in [3.05, 3.63) is 28.5 Å². The Morgan fingerprint density at radius 2 is 2.24 bits per heavy atom. The maximum Gasteiger partial charge on any atom is 0.253 e. The van der Waals surface area contributed by atoms with Crippen LogP contribution in [0.25, 0.3) is 0 Å². The molecule has 0 radical (unpaired) electrons. The van der Waals surface area contributed by atoms with Crippen LogP contribution in [0.4, 0.5) is 0 Å². The van der Waals surface area contributed by atoms with E-state index in [1.807, 2.05) is 20.8 Å². The fraction of sp³-hybridized carbons (Fsp3) is 0.500. The van der Waals surface area contributed by atoms with E-state index in [-0.39, 0.29) is 11.8 Å². The lowest BCUT2D eigenvalue weighted by Gasteiger charge is -2.33. The van der Waals surface area contributed by atoms with Crippen LogP contribution in [0.3, 0.4) is 0 Å². The maximum atomic E-state index is 12.0. The van der Waals surface area contributed by atoms with Crippen molar-refractivity contribution in [2.24, 2.45) is 11.7 Å². The molecular formula is C12H18BrN3O. The number of carbonyl (C=O) groups is 1. The molecule has 0 fully saturated rings. The molecule has 1 atom stereocenters. The largest absolute Gasteiger partial charge is 0.345 e. The molecule has 4 nitrogen and oxygen atoms in total. The Labute approximate surface area is 110 Å². The maximum absolute atomic E-state index is 12.0.